The van der Waals surface area contributed by atoms with Crippen LogP contribution in [0, 0.1) is 0 Å². The summed E-state index contributed by atoms with van der Waals surface area (Å²) in [6.45, 7) is 1.56. The van der Waals surface area contributed by atoms with Crippen molar-refractivity contribution in [1.29, 1.82) is 0 Å². The maximum Gasteiger partial charge on any atom is 0.225 e. The lowest BCUT2D eigenvalue weighted by atomic mass is 10.6. The molecule has 1 heterocycles. The van der Waals surface area contributed by atoms with Crippen LogP contribution in [-0.2, 0) is 9.84 Å². The highest BCUT2D eigenvalue weighted by Gasteiger charge is 2.24. The lowest BCUT2D eigenvalue weighted by molar-refractivity contribution is 0.583. The molecule has 0 aliphatic carbocycles. The van der Waals surface area contributed by atoms with E-state index in [0.717, 1.165) is 0 Å². The van der Waals surface area contributed by atoms with Crippen molar-refractivity contribution < 1.29 is 8.42 Å². The van der Waals surface area contributed by atoms with Crippen molar-refractivity contribution in [2.45, 2.75) is 17.2 Å². The first-order valence-corrected chi connectivity index (χ1v) is 6.78. The molecule has 0 amide bonds. The fraction of sp³-hybridized carbons (Fsp3) is 0.556. The lowest BCUT2D eigenvalue weighted by Crippen LogP contribution is -2.22. The SMILES string of the molecule is CC(CCl)S(=O)(=O)c1ccnc(N(C)C)n1. The molecule has 0 saturated heterocycles. The summed E-state index contributed by atoms with van der Waals surface area (Å²) in [7, 11) is 0.0387. The molecule has 0 N–H and O–H groups in total. The molecule has 5 nitrogen and oxygen atoms in total. The van der Waals surface area contributed by atoms with Crippen LogP contribution < -0.4 is 4.90 Å². The van der Waals surface area contributed by atoms with E-state index in [0.29, 0.717) is 5.95 Å². The van der Waals surface area contributed by atoms with Gasteiger partial charge >= 0.3 is 0 Å². The number of alkyl halides is 1. The molecule has 0 aliphatic heterocycles. The molecule has 7 heteroatoms. The van der Waals surface area contributed by atoms with Crippen molar-refractivity contribution in [1.82, 2.24) is 9.97 Å². The van der Waals surface area contributed by atoms with Crippen molar-refractivity contribution >= 4 is 27.4 Å². The molecule has 0 radical (unpaired) electrons. The second-order valence-corrected chi connectivity index (χ2v) is 6.22. The van der Waals surface area contributed by atoms with Gasteiger partial charge in [0, 0.05) is 26.2 Å². The molecule has 90 valence electrons. The Bertz CT molecular complexity index is 462. The van der Waals surface area contributed by atoms with Crippen LogP contribution in [0.2, 0.25) is 0 Å². The zero-order valence-electron chi connectivity index (χ0n) is 9.38. The minimum atomic E-state index is -3.45. The number of nitrogens with zero attached hydrogens (tertiary/aromatic N) is 3. The fourth-order valence-electron chi connectivity index (χ4n) is 0.995. The number of sulfone groups is 1. The molecule has 1 aromatic heterocycles. The van der Waals surface area contributed by atoms with Crippen molar-refractivity contribution in [3.8, 4) is 0 Å². The highest BCUT2D eigenvalue weighted by molar-refractivity contribution is 7.92. The Hall–Kier alpha value is -0.880. The van der Waals surface area contributed by atoms with Crippen LogP contribution in [-0.4, -0.2) is 43.6 Å². The molecule has 0 spiro atoms. The minimum Gasteiger partial charge on any atom is -0.347 e. The van der Waals surface area contributed by atoms with Crippen molar-refractivity contribution in [2.75, 3.05) is 24.9 Å². The smallest absolute Gasteiger partial charge is 0.225 e. The quantitative estimate of drug-likeness (QED) is 0.598. The Morgan fingerprint density at radius 2 is 2.12 bits per heavy atom. The molecular formula is C9H14ClN3O2S. The van der Waals surface area contributed by atoms with Crippen LogP contribution in [0.3, 0.4) is 0 Å². The number of hydrogen-bond donors (Lipinski definition) is 0. The molecule has 1 aromatic rings. The predicted octanol–water partition coefficient (Wildman–Crippen LogP) is 0.944. The average molecular weight is 264 g/mol. The van der Waals surface area contributed by atoms with E-state index < -0.39 is 15.1 Å². The number of halogens is 1. The molecule has 0 aliphatic rings. The van der Waals surface area contributed by atoms with Gasteiger partial charge in [-0.25, -0.2) is 18.4 Å². The largest absolute Gasteiger partial charge is 0.347 e. The Kier molecular flexibility index (Phi) is 4.09. The third-order valence-corrected chi connectivity index (χ3v) is 4.74. The van der Waals surface area contributed by atoms with Crippen LogP contribution in [0.1, 0.15) is 6.92 Å². The highest BCUT2D eigenvalue weighted by Crippen LogP contribution is 2.16. The maximum atomic E-state index is 11.9. The molecule has 1 rings (SSSR count). The zero-order chi connectivity index (χ0) is 12.3. The first kappa shape index (κ1) is 13.2. The van der Waals surface area contributed by atoms with Crippen molar-refractivity contribution in [2.24, 2.45) is 0 Å². The molecule has 0 bridgehead atoms. The second-order valence-electron chi connectivity index (χ2n) is 3.60. The molecule has 1 unspecified atom stereocenters. The Morgan fingerprint density at radius 1 is 1.50 bits per heavy atom. The van der Waals surface area contributed by atoms with Crippen LogP contribution in [0.5, 0.6) is 0 Å². The van der Waals surface area contributed by atoms with E-state index in [4.69, 9.17) is 11.6 Å². The third kappa shape index (κ3) is 2.62. The van der Waals surface area contributed by atoms with Gasteiger partial charge in [0.2, 0.25) is 5.95 Å². The number of hydrogen-bond acceptors (Lipinski definition) is 5. The summed E-state index contributed by atoms with van der Waals surface area (Å²) in [5.41, 5.74) is 0. The van der Waals surface area contributed by atoms with E-state index in [1.165, 1.54) is 12.3 Å². The van der Waals surface area contributed by atoms with E-state index in [1.807, 2.05) is 0 Å². The van der Waals surface area contributed by atoms with Crippen molar-refractivity contribution in [3.05, 3.63) is 12.3 Å². The van der Waals surface area contributed by atoms with Gasteiger partial charge in [-0.1, -0.05) is 0 Å². The molecule has 0 fully saturated rings. The predicted molar refractivity (Wildman–Crippen MR) is 63.7 cm³/mol. The van der Waals surface area contributed by atoms with Gasteiger partial charge in [0.25, 0.3) is 0 Å². The average Bonchev–Trinajstić information content (AvgIpc) is 2.28. The van der Waals surface area contributed by atoms with Crippen LogP contribution >= 0.6 is 11.6 Å². The van der Waals surface area contributed by atoms with Gasteiger partial charge in [0.15, 0.2) is 14.9 Å². The second kappa shape index (κ2) is 4.97. The Balaban J connectivity index is 3.19. The number of rotatable bonds is 4. The highest BCUT2D eigenvalue weighted by atomic mass is 35.5. The standard InChI is InChI=1S/C9H14ClN3O2S/c1-7(6-10)16(14,15)8-4-5-11-9(12-8)13(2)3/h4-5,7H,6H2,1-3H3. The Morgan fingerprint density at radius 3 is 2.62 bits per heavy atom. The molecule has 1 atom stereocenters. The fourth-order valence-corrected chi connectivity index (χ4v) is 2.53. The van der Waals surface area contributed by atoms with Gasteiger partial charge in [0.1, 0.15) is 0 Å². The summed E-state index contributed by atoms with van der Waals surface area (Å²) >= 11 is 5.56. The van der Waals surface area contributed by atoms with Gasteiger partial charge in [-0.05, 0) is 13.0 Å². The van der Waals surface area contributed by atoms with E-state index in [-0.39, 0.29) is 10.9 Å². The molecule has 0 aromatic carbocycles. The summed E-state index contributed by atoms with van der Waals surface area (Å²) in [6.07, 6.45) is 1.43. The van der Waals surface area contributed by atoms with Crippen molar-refractivity contribution in [3.63, 3.8) is 0 Å². The summed E-state index contributed by atoms with van der Waals surface area (Å²) in [4.78, 5) is 9.58. The van der Waals surface area contributed by atoms with E-state index in [2.05, 4.69) is 9.97 Å². The zero-order valence-corrected chi connectivity index (χ0v) is 11.0. The first-order chi connectivity index (χ1) is 7.39. The van der Waals surface area contributed by atoms with Gasteiger partial charge in [-0.15, -0.1) is 11.6 Å². The molecule has 16 heavy (non-hydrogen) atoms. The number of aromatic nitrogens is 2. The van der Waals surface area contributed by atoms with Crippen LogP contribution in [0.25, 0.3) is 0 Å². The van der Waals surface area contributed by atoms with Crippen LogP contribution in [0.15, 0.2) is 17.3 Å². The monoisotopic (exact) mass is 263 g/mol. The first-order valence-electron chi connectivity index (χ1n) is 4.70. The lowest BCUT2D eigenvalue weighted by Gasteiger charge is -2.12. The summed E-state index contributed by atoms with van der Waals surface area (Å²) in [5.74, 6) is 0.409. The van der Waals surface area contributed by atoms with Gasteiger partial charge < -0.3 is 4.90 Å². The van der Waals surface area contributed by atoms with Gasteiger partial charge in [-0.3, -0.25) is 0 Å². The Labute approximate surface area is 100 Å². The summed E-state index contributed by atoms with van der Waals surface area (Å²) in [5, 5.41) is -0.640. The normalized spacial score (nSPS) is 13.5. The van der Waals surface area contributed by atoms with Gasteiger partial charge in [0.05, 0.1) is 5.25 Å². The maximum absolute atomic E-state index is 11.9. The van der Waals surface area contributed by atoms with E-state index in [1.54, 1.807) is 25.9 Å². The molecular weight excluding hydrogens is 250 g/mol. The molecule has 0 saturated carbocycles. The summed E-state index contributed by atoms with van der Waals surface area (Å²) < 4.78 is 23.9. The van der Waals surface area contributed by atoms with Crippen LogP contribution in [0.4, 0.5) is 5.95 Å². The van der Waals surface area contributed by atoms with E-state index >= 15 is 0 Å². The number of anilines is 1. The van der Waals surface area contributed by atoms with E-state index in [9.17, 15) is 8.42 Å². The minimum absolute atomic E-state index is 0.0133. The topological polar surface area (TPSA) is 63.2 Å². The third-order valence-electron chi connectivity index (χ3n) is 2.06. The van der Waals surface area contributed by atoms with Gasteiger partial charge in [-0.2, -0.15) is 0 Å². The summed E-state index contributed by atoms with van der Waals surface area (Å²) in [6, 6.07) is 1.38.